The van der Waals surface area contributed by atoms with E-state index in [1.165, 1.54) is 0 Å². The quantitative estimate of drug-likeness (QED) is 0.626. The predicted molar refractivity (Wildman–Crippen MR) is 78.6 cm³/mol. The summed E-state index contributed by atoms with van der Waals surface area (Å²) in [6.07, 6.45) is 0.679. The van der Waals surface area contributed by atoms with Crippen LogP contribution >= 0.6 is 11.8 Å². The van der Waals surface area contributed by atoms with Gasteiger partial charge in [0.25, 0.3) is 0 Å². The molecule has 118 valence electrons. The normalized spacial score (nSPS) is 19.6. The van der Waals surface area contributed by atoms with E-state index >= 15 is 0 Å². The lowest BCUT2D eigenvalue weighted by molar-refractivity contribution is -0.131. The zero-order chi connectivity index (χ0) is 15.5. The van der Waals surface area contributed by atoms with Crippen LogP contribution in [0.3, 0.4) is 0 Å². The summed E-state index contributed by atoms with van der Waals surface area (Å²) < 4.78 is 10.7. The van der Waals surface area contributed by atoms with E-state index in [4.69, 9.17) is 14.7 Å². The number of amides is 2. The molecule has 1 aromatic rings. The van der Waals surface area contributed by atoms with Gasteiger partial charge in [-0.2, -0.15) is 0 Å². The Morgan fingerprint density at radius 2 is 2.23 bits per heavy atom. The van der Waals surface area contributed by atoms with Crippen molar-refractivity contribution in [3.05, 3.63) is 23.8 Å². The number of carbonyl (C=O) groups excluding carboxylic acids is 2. The van der Waals surface area contributed by atoms with Gasteiger partial charge >= 0.3 is 0 Å². The molecule has 7 nitrogen and oxygen atoms in total. The van der Waals surface area contributed by atoms with Gasteiger partial charge in [-0.3, -0.25) is 14.8 Å². The highest BCUT2D eigenvalue weighted by Crippen LogP contribution is 2.42. The topological polar surface area (TPSA) is 88.1 Å². The lowest BCUT2D eigenvalue weighted by Gasteiger charge is -2.24. The second-order valence-electron chi connectivity index (χ2n) is 5.00. The number of ether oxygens (including phenoxy) is 2. The minimum absolute atomic E-state index is 0.0528. The van der Waals surface area contributed by atoms with Crippen LogP contribution in [-0.2, 0) is 9.59 Å². The average molecular weight is 324 g/mol. The number of nitrogens with zero attached hydrogens (tertiary/aromatic N) is 1. The maximum absolute atomic E-state index is 12.0. The van der Waals surface area contributed by atoms with Gasteiger partial charge in [-0.1, -0.05) is 6.07 Å². The van der Waals surface area contributed by atoms with E-state index in [2.05, 4.69) is 0 Å². The van der Waals surface area contributed by atoms with Crippen molar-refractivity contribution in [2.45, 2.75) is 18.2 Å². The van der Waals surface area contributed by atoms with Gasteiger partial charge in [0, 0.05) is 13.0 Å². The first kappa shape index (κ1) is 15.0. The third-order valence-corrected chi connectivity index (χ3v) is 4.83. The molecule has 22 heavy (non-hydrogen) atoms. The van der Waals surface area contributed by atoms with Crippen LogP contribution < -0.4 is 15.0 Å². The van der Waals surface area contributed by atoms with Crippen LogP contribution in [0.25, 0.3) is 0 Å². The number of fused-ring (bicyclic) bond motifs is 1. The van der Waals surface area contributed by atoms with Crippen molar-refractivity contribution in [3.63, 3.8) is 0 Å². The maximum Gasteiger partial charge on any atom is 0.243 e. The predicted octanol–water partition coefficient (Wildman–Crippen LogP) is 1.27. The Bertz CT molecular complexity index is 595. The van der Waals surface area contributed by atoms with E-state index < -0.39 is 5.91 Å². The van der Waals surface area contributed by atoms with Gasteiger partial charge in [0.2, 0.25) is 18.6 Å². The molecule has 1 saturated heterocycles. The maximum atomic E-state index is 12.0. The highest BCUT2D eigenvalue weighted by Gasteiger charge is 2.33. The number of hydrogen-bond donors (Lipinski definition) is 2. The average Bonchev–Trinajstić information content (AvgIpc) is 3.13. The highest BCUT2D eigenvalue weighted by atomic mass is 32.2. The molecule has 0 saturated carbocycles. The second kappa shape index (κ2) is 6.45. The van der Waals surface area contributed by atoms with E-state index in [1.54, 1.807) is 22.1 Å². The zero-order valence-corrected chi connectivity index (χ0v) is 12.6. The molecular weight excluding hydrogens is 308 g/mol. The van der Waals surface area contributed by atoms with E-state index in [0.717, 1.165) is 5.56 Å². The number of hydroxylamine groups is 1. The summed E-state index contributed by atoms with van der Waals surface area (Å²) in [6.45, 7) is 0.688. The molecule has 0 aromatic heterocycles. The first-order chi connectivity index (χ1) is 10.7. The Labute approximate surface area is 131 Å². The molecule has 1 atom stereocenters. The Balaban J connectivity index is 1.69. The molecule has 3 rings (SSSR count). The highest BCUT2D eigenvalue weighted by molar-refractivity contribution is 8.00. The summed E-state index contributed by atoms with van der Waals surface area (Å²) in [5, 5.41) is 8.40. The third-order valence-electron chi connectivity index (χ3n) is 3.58. The van der Waals surface area contributed by atoms with Crippen molar-refractivity contribution in [2.24, 2.45) is 0 Å². The number of benzene rings is 1. The van der Waals surface area contributed by atoms with Gasteiger partial charge < -0.3 is 14.4 Å². The van der Waals surface area contributed by atoms with Crippen molar-refractivity contribution in [2.75, 3.05) is 19.1 Å². The third kappa shape index (κ3) is 2.97. The zero-order valence-electron chi connectivity index (χ0n) is 11.8. The molecule has 0 spiro atoms. The van der Waals surface area contributed by atoms with Crippen LogP contribution in [-0.4, -0.2) is 41.0 Å². The summed E-state index contributed by atoms with van der Waals surface area (Å²) in [7, 11) is 0. The van der Waals surface area contributed by atoms with Crippen molar-refractivity contribution >= 4 is 23.6 Å². The van der Waals surface area contributed by atoms with E-state index in [-0.39, 0.29) is 24.5 Å². The Hall–Kier alpha value is -1.93. The van der Waals surface area contributed by atoms with Crippen molar-refractivity contribution in [1.29, 1.82) is 0 Å². The summed E-state index contributed by atoms with van der Waals surface area (Å²) >= 11 is 1.55. The van der Waals surface area contributed by atoms with E-state index in [9.17, 15) is 9.59 Å². The minimum Gasteiger partial charge on any atom is -0.454 e. The molecule has 2 amide bonds. The van der Waals surface area contributed by atoms with Crippen molar-refractivity contribution in [1.82, 2.24) is 10.4 Å². The first-order valence-corrected chi connectivity index (χ1v) is 7.97. The van der Waals surface area contributed by atoms with Gasteiger partial charge in [-0.05, 0) is 24.1 Å². The number of carbonyl (C=O) groups is 2. The smallest absolute Gasteiger partial charge is 0.243 e. The molecule has 2 heterocycles. The summed E-state index contributed by atoms with van der Waals surface area (Å²) in [5.41, 5.74) is 2.57. The molecule has 0 aliphatic carbocycles. The largest absolute Gasteiger partial charge is 0.454 e. The van der Waals surface area contributed by atoms with Crippen LogP contribution in [0.1, 0.15) is 23.8 Å². The SMILES string of the molecule is O=C(CCCN1C(=O)CSC1c1ccc2c(c1)OCO2)NO. The fourth-order valence-electron chi connectivity index (χ4n) is 2.50. The van der Waals surface area contributed by atoms with Crippen molar-refractivity contribution in [3.8, 4) is 11.5 Å². The Morgan fingerprint density at radius 1 is 1.41 bits per heavy atom. The molecule has 2 aliphatic rings. The van der Waals surface area contributed by atoms with Crippen LogP contribution in [0.2, 0.25) is 0 Å². The lowest BCUT2D eigenvalue weighted by atomic mass is 10.1. The molecule has 1 fully saturated rings. The van der Waals surface area contributed by atoms with Gasteiger partial charge in [-0.15, -0.1) is 11.8 Å². The van der Waals surface area contributed by atoms with Crippen LogP contribution in [0.15, 0.2) is 18.2 Å². The molecule has 1 aromatic carbocycles. The van der Waals surface area contributed by atoms with Crippen LogP contribution in [0.4, 0.5) is 0 Å². The van der Waals surface area contributed by atoms with Gasteiger partial charge in [-0.25, -0.2) is 5.48 Å². The molecule has 1 unspecified atom stereocenters. The molecule has 8 heteroatoms. The summed E-state index contributed by atoms with van der Waals surface area (Å²) in [4.78, 5) is 24.8. The Kier molecular flexibility index (Phi) is 4.39. The minimum atomic E-state index is -0.445. The molecule has 2 aliphatic heterocycles. The standard InChI is InChI=1S/C14H16N2O5S/c17-12(15-19)2-1-5-16-13(18)7-22-14(16)9-3-4-10-11(6-9)21-8-20-10/h3-4,6,14,19H,1-2,5,7-8H2,(H,15,17). The monoisotopic (exact) mass is 324 g/mol. The number of nitrogens with one attached hydrogen (secondary N) is 1. The lowest BCUT2D eigenvalue weighted by Crippen LogP contribution is -2.30. The molecular formula is C14H16N2O5S. The fraction of sp³-hybridized carbons (Fsp3) is 0.429. The fourth-order valence-corrected chi connectivity index (χ4v) is 3.71. The second-order valence-corrected chi connectivity index (χ2v) is 6.07. The molecule has 2 N–H and O–H groups in total. The number of thioether (sulfide) groups is 1. The van der Waals surface area contributed by atoms with Crippen LogP contribution in [0, 0.1) is 0 Å². The number of hydrogen-bond acceptors (Lipinski definition) is 6. The van der Waals surface area contributed by atoms with E-state index in [1.807, 2.05) is 18.2 Å². The van der Waals surface area contributed by atoms with Crippen molar-refractivity contribution < 1.29 is 24.3 Å². The number of rotatable bonds is 5. The van der Waals surface area contributed by atoms with Crippen LogP contribution in [0.5, 0.6) is 11.5 Å². The Morgan fingerprint density at radius 3 is 3.05 bits per heavy atom. The first-order valence-electron chi connectivity index (χ1n) is 6.92. The van der Waals surface area contributed by atoms with Gasteiger partial charge in [0.15, 0.2) is 11.5 Å². The molecule has 0 bridgehead atoms. The molecule has 0 radical (unpaired) electrons. The van der Waals surface area contributed by atoms with Gasteiger partial charge in [0.1, 0.15) is 5.37 Å². The van der Waals surface area contributed by atoms with E-state index in [0.29, 0.717) is 30.2 Å². The summed E-state index contributed by atoms with van der Waals surface area (Å²) in [5.74, 6) is 1.43. The summed E-state index contributed by atoms with van der Waals surface area (Å²) in [6, 6.07) is 5.67. The van der Waals surface area contributed by atoms with Gasteiger partial charge in [0.05, 0.1) is 5.75 Å².